The number of morpholine rings is 1. The Labute approximate surface area is 180 Å². The number of benzene rings is 1. The molecule has 9 heteroatoms. The number of anilines is 1. The number of nitrogens with zero attached hydrogens (tertiary/aromatic N) is 2. The first-order chi connectivity index (χ1) is 13.0. The van der Waals surface area contributed by atoms with Crippen LogP contribution in [-0.2, 0) is 17.5 Å². The molecule has 1 aromatic rings. The van der Waals surface area contributed by atoms with Crippen LogP contribution in [0.25, 0.3) is 0 Å². The molecule has 0 amide bonds. The Morgan fingerprint density at radius 3 is 2.50 bits per heavy atom. The highest BCUT2D eigenvalue weighted by Crippen LogP contribution is 2.35. The molecule has 0 unspecified atom stereocenters. The molecule has 156 valence electrons. The molecule has 1 aromatic carbocycles. The lowest BCUT2D eigenvalue weighted by molar-refractivity contribution is -0.138. The minimum atomic E-state index is -4.41. The smallest absolute Gasteiger partial charge is 0.378 e. The van der Waals surface area contributed by atoms with Crippen LogP contribution in [0.2, 0.25) is 0 Å². The molecule has 2 N–H and O–H groups in total. The lowest BCUT2D eigenvalue weighted by Crippen LogP contribution is -2.42. The van der Waals surface area contributed by atoms with Gasteiger partial charge in [0.1, 0.15) is 0 Å². The second-order valence-corrected chi connectivity index (χ2v) is 6.65. The molecular weight excluding hydrogens is 484 g/mol. The van der Waals surface area contributed by atoms with Gasteiger partial charge in [0.15, 0.2) is 5.96 Å². The summed E-state index contributed by atoms with van der Waals surface area (Å²) in [6.45, 7) is 2.31. The SMILES string of the molecule is CN=C(NCc1ccc(N2CCOCC2)cc1C(F)(F)F)NC1CC=CC1.I. The van der Waals surface area contributed by atoms with Crippen molar-refractivity contribution in [1.29, 1.82) is 0 Å². The highest BCUT2D eigenvalue weighted by molar-refractivity contribution is 14.0. The Bertz CT molecular complexity index is 695. The minimum Gasteiger partial charge on any atom is -0.378 e. The predicted octanol–water partition coefficient (Wildman–Crippen LogP) is 3.54. The van der Waals surface area contributed by atoms with Crippen LogP contribution in [0, 0.1) is 0 Å². The van der Waals surface area contributed by atoms with E-state index in [0.29, 0.717) is 38.0 Å². The Morgan fingerprint density at radius 1 is 1.21 bits per heavy atom. The first-order valence-corrected chi connectivity index (χ1v) is 9.12. The van der Waals surface area contributed by atoms with E-state index in [0.717, 1.165) is 12.8 Å². The lowest BCUT2D eigenvalue weighted by Gasteiger charge is -2.30. The Hall–Kier alpha value is -1.49. The van der Waals surface area contributed by atoms with E-state index in [1.165, 1.54) is 6.07 Å². The van der Waals surface area contributed by atoms with Gasteiger partial charge in [0.05, 0.1) is 18.8 Å². The monoisotopic (exact) mass is 510 g/mol. The van der Waals surface area contributed by atoms with Gasteiger partial charge in [0.2, 0.25) is 0 Å². The number of ether oxygens (including phenoxy) is 1. The molecule has 1 saturated heterocycles. The summed E-state index contributed by atoms with van der Waals surface area (Å²) in [6, 6.07) is 4.76. The summed E-state index contributed by atoms with van der Waals surface area (Å²) in [6.07, 6.45) is 1.53. The number of halogens is 4. The zero-order chi connectivity index (χ0) is 19.3. The molecule has 28 heavy (non-hydrogen) atoms. The van der Waals surface area contributed by atoms with Crippen LogP contribution < -0.4 is 15.5 Å². The number of hydrogen-bond acceptors (Lipinski definition) is 3. The second kappa shape index (κ2) is 10.3. The Kier molecular flexibility index (Phi) is 8.41. The Balaban J connectivity index is 0.00000280. The van der Waals surface area contributed by atoms with Gasteiger partial charge in [-0.3, -0.25) is 4.99 Å². The highest BCUT2D eigenvalue weighted by Gasteiger charge is 2.34. The maximum Gasteiger partial charge on any atom is 0.416 e. The van der Waals surface area contributed by atoms with E-state index in [9.17, 15) is 13.2 Å². The van der Waals surface area contributed by atoms with Crippen LogP contribution in [-0.4, -0.2) is 45.4 Å². The zero-order valence-corrected chi connectivity index (χ0v) is 18.1. The summed E-state index contributed by atoms with van der Waals surface area (Å²) in [7, 11) is 1.61. The average molecular weight is 510 g/mol. The van der Waals surface area contributed by atoms with Gasteiger partial charge >= 0.3 is 6.18 Å². The van der Waals surface area contributed by atoms with Gasteiger partial charge in [-0.1, -0.05) is 18.2 Å². The molecule has 3 rings (SSSR count). The first kappa shape index (κ1) is 22.8. The van der Waals surface area contributed by atoms with Crippen LogP contribution in [0.4, 0.5) is 18.9 Å². The van der Waals surface area contributed by atoms with Gasteiger partial charge in [-0.2, -0.15) is 13.2 Å². The topological polar surface area (TPSA) is 48.9 Å². The van der Waals surface area contributed by atoms with Crippen molar-refractivity contribution in [2.24, 2.45) is 4.99 Å². The zero-order valence-electron chi connectivity index (χ0n) is 15.8. The summed E-state index contributed by atoms with van der Waals surface area (Å²) in [5.74, 6) is 0.508. The van der Waals surface area contributed by atoms with Gasteiger partial charge in [0.25, 0.3) is 0 Å². The molecule has 5 nitrogen and oxygen atoms in total. The van der Waals surface area contributed by atoms with Crippen molar-refractivity contribution < 1.29 is 17.9 Å². The summed E-state index contributed by atoms with van der Waals surface area (Å²) in [5, 5.41) is 6.23. The van der Waals surface area contributed by atoms with Gasteiger partial charge in [0, 0.05) is 38.4 Å². The Morgan fingerprint density at radius 2 is 1.89 bits per heavy atom. The largest absolute Gasteiger partial charge is 0.416 e. The standard InChI is InChI=1S/C19H25F3N4O.HI/c1-23-18(25-15-4-2-3-5-15)24-13-14-6-7-16(12-17(14)19(20,21)22)26-8-10-27-11-9-26;/h2-3,6-7,12,15H,4-5,8-11,13H2,1H3,(H2,23,24,25);1H. The number of aliphatic imine (C=N–C) groups is 1. The fraction of sp³-hybridized carbons (Fsp3) is 0.526. The second-order valence-electron chi connectivity index (χ2n) is 6.65. The highest BCUT2D eigenvalue weighted by atomic mass is 127. The van der Waals surface area contributed by atoms with Crippen molar-refractivity contribution in [3.05, 3.63) is 41.5 Å². The maximum atomic E-state index is 13.6. The van der Waals surface area contributed by atoms with Crippen LogP contribution in [0.15, 0.2) is 35.3 Å². The summed E-state index contributed by atoms with van der Waals surface area (Å²) in [5.41, 5.74) is 0.165. The van der Waals surface area contributed by atoms with Gasteiger partial charge in [-0.05, 0) is 30.5 Å². The van der Waals surface area contributed by atoms with Crippen LogP contribution in [0.3, 0.4) is 0 Å². The molecular formula is C19H26F3IN4O. The third kappa shape index (κ3) is 6.00. The van der Waals surface area contributed by atoms with E-state index < -0.39 is 11.7 Å². The molecule has 2 aliphatic rings. The molecule has 1 heterocycles. The van der Waals surface area contributed by atoms with Crippen LogP contribution >= 0.6 is 24.0 Å². The maximum absolute atomic E-state index is 13.6. The quantitative estimate of drug-likeness (QED) is 0.282. The van der Waals surface area contributed by atoms with Crippen molar-refractivity contribution in [3.63, 3.8) is 0 Å². The van der Waals surface area contributed by atoms with Crippen molar-refractivity contribution in [1.82, 2.24) is 10.6 Å². The average Bonchev–Trinajstić information content (AvgIpc) is 3.18. The molecule has 0 atom stereocenters. The molecule has 1 aliphatic heterocycles. The fourth-order valence-electron chi connectivity index (χ4n) is 3.30. The molecule has 1 fully saturated rings. The molecule has 0 radical (unpaired) electrons. The number of hydrogen-bond donors (Lipinski definition) is 2. The van der Waals surface area contributed by atoms with Crippen molar-refractivity contribution in [3.8, 4) is 0 Å². The number of alkyl halides is 3. The van der Waals surface area contributed by atoms with E-state index in [1.54, 1.807) is 19.2 Å². The van der Waals surface area contributed by atoms with E-state index in [1.807, 2.05) is 4.90 Å². The predicted molar refractivity (Wildman–Crippen MR) is 115 cm³/mol. The van der Waals surface area contributed by atoms with Gasteiger partial charge in [-0.25, -0.2) is 0 Å². The van der Waals surface area contributed by atoms with Gasteiger partial charge in [-0.15, -0.1) is 24.0 Å². The number of rotatable bonds is 4. The first-order valence-electron chi connectivity index (χ1n) is 9.12. The minimum absolute atomic E-state index is 0. The molecule has 0 aromatic heterocycles. The van der Waals surface area contributed by atoms with Gasteiger partial charge < -0.3 is 20.3 Å². The molecule has 0 bridgehead atoms. The molecule has 0 spiro atoms. The van der Waals surface area contributed by atoms with Crippen molar-refractivity contribution >= 4 is 35.6 Å². The lowest BCUT2D eigenvalue weighted by atomic mass is 10.0. The fourth-order valence-corrected chi connectivity index (χ4v) is 3.30. The number of guanidine groups is 1. The summed E-state index contributed by atoms with van der Waals surface area (Å²) >= 11 is 0. The van der Waals surface area contributed by atoms with E-state index >= 15 is 0 Å². The van der Waals surface area contributed by atoms with Crippen molar-refractivity contribution in [2.75, 3.05) is 38.3 Å². The molecule has 0 saturated carbocycles. The van der Waals surface area contributed by atoms with Crippen molar-refractivity contribution in [2.45, 2.75) is 31.6 Å². The summed E-state index contributed by atoms with van der Waals surface area (Å²) < 4.78 is 46.1. The van der Waals surface area contributed by atoms with E-state index in [2.05, 4.69) is 27.8 Å². The third-order valence-electron chi connectivity index (χ3n) is 4.79. The number of nitrogens with one attached hydrogen (secondary N) is 2. The van der Waals surface area contributed by atoms with Crippen LogP contribution in [0.1, 0.15) is 24.0 Å². The normalized spacial score (nSPS) is 18.1. The summed E-state index contributed by atoms with van der Waals surface area (Å²) in [4.78, 5) is 6.03. The molecule has 1 aliphatic carbocycles. The van der Waals surface area contributed by atoms with E-state index in [-0.39, 0.29) is 42.1 Å². The van der Waals surface area contributed by atoms with E-state index in [4.69, 9.17) is 4.74 Å². The third-order valence-corrected chi connectivity index (χ3v) is 4.79. The van der Waals surface area contributed by atoms with Crippen LogP contribution in [0.5, 0.6) is 0 Å².